The molecule has 3 aromatic rings. The van der Waals surface area contributed by atoms with Gasteiger partial charge in [0, 0.05) is 18.7 Å². The number of benzene rings is 1. The average Bonchev–Trinajstić information content (AvgIpc) is 3.32. The number of anilines is 3. The first-order chi connectivity index (χ1) is 18.4. The predicted molar refractivity (Wildman–Crippen MR) is 143 cm³/mol. The lowest BCUT2D eigenvalue weighted by atomic mass is 9.78. The van der Waals surface area contributed by atoms with Crippen molar-refractivity contribution in [2.24, 2.45) is 0 Å². The first-order valence-electron chi connectivity index (χ1n) is 11.6. The molecule has 1 aliphatic heterocycles. The Kier molecular flexibility index (Phi) is 8.38. The van der Waals surface area contributed by atoms with Crippen molar-refractivity contribution in [3.8, 4) is 12.1 Å². The highest BCUT2D eigenvalue weighted by Gasteiger charge is 2.46. The number of nitrogens with one attached hydrogen (secondary N) is 4. The molecule has 0 aliphatic carbocycles. The summed E-state index contributed by atoms with van der Waals surface area (Å²) in [6.45, 7) is 3.31. The van der Waals surface area contributed by atoms with E-state index >= 15 is 0 Å². The van der Waals surface area contributed by atoms with Crippen molar-refractivity contribution in [3.63, 3.8) is 0 Å². The van der Waals surface area contributed by atoms with Crippen LogP contribution in [-0.4, -0.2) is 68.7 Å². The second-order valence-electron chi connectivity index (χ2n) is 8.34. The number of nitriles is 2. The first-order valence-corrected chi connectivity index (χ1v) is 13.4. The fourth-order valence-electron chi connectivity index (χ4n) is 4.44. The molecular formula is C23H25ClN10O3S. The van der Waals surface area contributed by atoms with Crippen LogP contribution in [-0.2, 0) is 10.3 Å². The average molecular weight is 557 g/mol. The van der Waals surface area contributed by atoms with Crippen molar-refractivity contribution in [1.29, 1.82) is 10.5 Å². The highest BCUT2D eigenvalue weighted by atomic mass is 35.5. The summed E-state index contributed by atoms with van der Waals surface area (Å²) >= 11 is 8.38. The molecular weight excluding hydrogens is 532 g/mol. The van der Waals surface area contributed by atoms with Crippen LogP contribution in [0.2, 0.25) is 5.02 Å². The van der Waals surface area contributed by atoms with Crippen molar-refractivity contribution < 1.29 is 14.6 Å². The monoisotopic (exact) mass is 556 g/mol. The van der Waals surface area contributed by atoms with E-state index in [1.54, 1.807) is 6.07 Å². The molecule has 0 radical (unpaired) electrons. The minimum atomic E-state index is -1.24. The number of hydrogen-bond acceptors (Lipinski definition) is 11. The Morgan fingerprint density at radius 1 is 1.42 bits per heavy atom. The van der Waals surface area contributed by atoms with Gasteiger partial charge in [-0.25, -0.2) is 9.78 Å². The molecule has 198 valence electrons. The number of carbonyl (C=O) groups is 1. The van der Waals surface area contributed by atoms with Crippen LogP contribution in [0.25, 0.3) is 5.65 Å². The zero-order chi connectivity index (χ0) is 27.3. The minimum Gasteiger partial charge on any atom is -0.465 e. The summed E-state index contributed by atoms with van der Waals surface area (Å²) < 4.78 is 7.39. The molecule has 2 atom stereocenters. The summed E-state index contributed by atoms with van der Waals surface area (Å²) in [4.78, 5) is 20.7. The van der Waals surface area contributed by atoms with Gasteiger partial charge in [-0.05, 0) is 38.3 Å². The van der Waals surface area contributed by atoms with Gasteiger partial charge in [0.2, 0.25) is 5.95 Å². The number of halogens is 1. The van der Waals surface area contributed by atoms with Gasteiger partial charge < -0.3 is 31.1 Å². The fourth-order valence-corrected chi connectivity index (χ4v) is 5.06. The van der Waals surface area contributed by atoms with Crippen molar-refractivity contribution in [2.75, 3.05) is 42.5 Å². The topological polar surface area (TPSA) is 185 Å². The third-order valence-corrected chi connectivity index (χ3v) is 6.82. The van der Waals surface area contributed by atoms with E-state index in [9.17, 15) is 20.4 Å². The Bertz CT molecular complexity index is 1440. The van der Waals surface area contributed by atoms with Crippen LogP contribution in [0.1, 0.15) is 30.2 Å². The molecule has 13 nitrogen and oxygen atoms in total. The number of ether oxygens (including phenoxy) is 1. The van der Waals surface area contributed by atoms with Crippen LogP contribution in [0.4, 0.5) is 22.2 Å². The zero-order valence-electron chi connectivity index (χ0n) is 20.6. The summed E-state index contributed by atoms with van der Waals surface area (Å²) in [6.07, 6.45) is 1.76. The smallest absolute Gasteiger partial charge is 0.405 e. The second kappa shape index (κ2) is 11.7. The quantitative estimate of drug-likeness (QED) is 0.243. The molecule has 4 rings (SSSR count). The van der Waals surface area contributed by atoms with Crippen LogP contribution in [0.3, 0.4) is 0 Å². The van der Waals surface area contributed by atoms with Gasteiger partial charge in [0.1, 0.15) is 6.07 Å². The molecule has 3 heterocycles. The Morgan fingerprint density at radius 2 is 2.24 bits per heavy atom. The Morgan fingerprint density at radius 3 is 2.92 bits per heavy atom. The van der Waals surface area contributed by atoms with E-state index in [-0.39, 0.29) is 27.9 Å². The maximum atomic E-state index is 12.0. The number of fused-ring (bicyclic) bond motifs is 1. The fraction of sp³-hybridized carbons (Fsp3) is 0.391. The third kappa shape index (κ3) is 5.25. The number of aromatic nitrogens is 4. The molecule has 15 heteroatoms. The van der Waals surface area contributed by atoms with Gasteiger partial charge in [-0.15, -0.1) is 16.9 Å². The van der Waals surface area contributed by atoms with Gasteiger partial charge in [0.05, 0.1) is 46.1 Å². The molecule has 0 saturated carbocycles. The van der Waals surface area contributed by atoms with Crippen LogP contribution in [0.15, 0.2) is 18.3 Å². The molecule has 1 aromatic carbocycles. The highest BCUT2D eigenvalue weighted by molar-refractivity contribution is 7.98. The number of nitrogens with zero attached hydrogens (tertiary/aromatic N) is 6. The van der Waals surface area contributed by atoms with E-state index in [2.05, 4.69) is 42.4 Å². The van der Waals surface area contributed by atoms with Crippen LogP contribution in [0.5, 0.6) is 0 Å². The summed E-state index contributed by atoms with van der Waals surface area (Å²) in [6, 6.07) is 7.25. The molecule has 2 aromatic heterocycles. The zero-order valence-corrected chi connectivity index (χ0v) is 22.2. The van der Waals surface area contributed by atoms with Crippen molar-refractivity contribution in [1.82, 2.24) is 30.2 Å². The van der Waals surface area contributed by atoms with Gasteiger partial charge in [0.15, 0.2) is 17.2 Å². The predicted octanol–water partition coefficient (Wildman–Crippen LogP) is 2.86. The van der Waals surface area contributed by atoms with Crippen LogP contribution in [0, 0.1) is 22.7 Å². The molecule has 0 unspecified atom stereocenters. The van der Waals surface area contributed by atoms with E-state index < -0.39 is 17.7 Å². The molecule has 1 saturated heterocycles. The van der Waals surface area contributed by atoms with Gasteiger partial charge >= 0.3 is 6.09 Å². The number of hydrogen-bond donors (Lipinski definition) is 5. The Hall–Kier alpha value is -3.82. The summed E-state index contributed by atoms with van der Waals surface area (Å²) in [5.74, 6) is 0.822. The normalized spacial score (nSPS) is 18.9. The first kappa shape index (κ1) is 27.2. The lowest BCUT2D eigenvalue weighted by Gasteiger charge is -2.44. The number of amides is 1. The number of imidazole rings is 1. The van der Waals surface area contributed by atoms with Gasteiger partial charge in [0.25, 0.3) is 0 Å². The van der Waals surface area contributed by atoms with Crippen LogP contribution >= 0.6 is 23.4 Å². The maximum Gasteiger partial charge on any atom is 0.405 e. The van der Waals surface area contributed by atoms with Gasteiger partial charge in [-0.1, -0.05) is 11.6 Å². The van der Waals surface area contributed by atoms with E-state index in [0.717, 1.165) is 0 Å². The second-order valence-corrected chi connectivity index (χ2v) is 9.54. The molecule has 0 bridgehead atoms. The standard InChI is InChI=1S/C23H25ClN10O3S/c1-3-28-19-20-29-10-14(9-26)34(20)33-21(31-19)30-16-7-13(8-25)6-15(18(16)24)23(32-22(35)36)4-5-27-11-17(23)37-12-38-2/h6-7,10,17,27,32H,3-5,11-12H2,1-2H3,(H,35,36)(H2,28,30,31,33)/t17-,23-/m1/s1. The minimum absolute atomic E-state index is 0.0895. The van der Waals surface area contributed by atoms with E-state index in [0.29, 0.717) is 49.0 Å². The lowest BCUT2D eigenvalue weighted by molar-refractivity contribution is -0.0104. The summed E-state index contributed by atoms with van der Waals surface area (Å²) in [5, 5.41) is 45.7. The third-order valence-electron chi connectivity index (χ3n) is 6.04. The van der Waals surface area contributed by atoms with Crippen LogP contribution < -0.4 is 21.3 Å². The van der Waals surface area contributed by atoms with Crippen molar-refractivity contribution in [3.05, 3.63) is 40.2 Å². The summed E-state index contributed by atoms with van der Waals surface area (Å²) in [7, 11) is 0. The summed E-state index contributed by atoms with van der Waals surface area (Å²) in [5.41, 5.74) is 0.272. The number of carboxylic acid groups (broad SMARTS) is 1. The van der Waals surface area contributed by atoms with Gasteiger partial charge in [-0.3, -0.25) is 0 Å². The molecule has 1 aliphatic rings. The number of rotatable bonds is 9. The van der Waals surface area contributed by atoms with E-state index in [4.69, 9.17) is 16.3 Å². The molecule has 0 spiro atoms. The van der Waals surface area contributed by atoms with E-state index in [1.807, 2.05) is 19.2 Å². The highest BCUT2D eigenvalue weighted by Crippen LogP contribution is 2.41. The van der Waals surface area contributed by atoms with Crippen molar-refractivity contribution in [2.45, 2.75) is 25.0 Å². The maximum absolute atomic E-state index is 12.0. The van der Waals surface area contributed by atoms with E-state index in [1.165, 1.54) is 28.5 Å². The Labute approximate surface area is 227 Å². The Balaban J connectivity index is 1.86. The number of thioether (sulfide) groups is 1. The SMILES string of the molecule is CCNc1nc(Nc2cc(C#N)cc([C@]3(NC(=O)O)CCNC[C@H]3OCSC)c2Cl)nn2c(C#N)cnc12. The molecule has 1 amide bonds. The lowest BCUT2D eigenvalue weighted by Crippen LogP contribution is -2.62. The molecule has 5 N–H and O–H groups in total. The van der Waals surface area contributed by atoms with Crippen molar-refractivity contribution >= 4 is 52.6 Å². The number of piperidine rings is 1. The molecule has 1 fully saturated rings. The largest absolute Gasteiger partial charge is 0.465 e. The molecule has 38 heavy (non-hydrogen) atoms. The van der Waals surface area contributed by atoms with Gasteiger partial charge in [-0.2, -0.15) is 20.0 Å².